The average Bonchev–Trinajstić information content (AvgIpc) is 2.54. The molecule has 0 bridgehead atoms. The van der Waals surface area contributed by atoms with Gasteiger partial charge in [-0.1, -0.05) is 11.6 Å². The van der Waals surface area contributed by atoms with Gasteiger partial charge >= 0.3 is 0 Å². The minimum absolute atomic E-state index is 0. The van der Waals surface area contributed by atoms with E-state index in [9.17, 15) is 0 Å². The number of aromatic amines is 1. The number of hydrogen-bond acceptors (Lipinski definition) is 3. The van der Waals surface area contributed by atoms with Gasteiger partial charge in [0.15, 0.2) is 0 Å². The molecule has 2 heterocycles. The molecule has 2 atom stereocenters. The number of rotatable bonds is 2. The van der Waals surface area contributed by atoms with Gasteiger partial charge in [0.1, 0.15) is 0 Å². The van der Waals surface area contributed by atoms with E-state index in [1.165, 1.54) is 0 Å². The highest BCUT2D eigenvalue weighted by Crippen LogP contribution is 2.23. The number of hydrogen-bond donors (Lipinski definition) is 2. The van der Waals surface area contributed by atoms with Crippen molar-refractivity contribution in [3.05, 3.63) is 16.4 Å². The first kappa shape index (κ1) is 18.0. The Hall–Kier alpha value is -0.000000000000000111. The molecule has 1 aliphatic heterocycles. The van der Waals surface area contributed by atoms with Crippen LogP contribution in [0.25, 0.3) is 0 Å². The number of nitrogens with one attached hydrogen (secondary N) is 1. The minimum Gasteiger partial charge on any atom is -0.328 e. The molecule has 0 radical (unpaired) electrons. The van der Waals surface area contributed by atoms with Crippen molar-refractivity contribution < 1.29 is 0 Å². The highest BCUT2D eigenvalue weighted by atomic mass is 35.5. The monoisotopic (exact) mass is 314 g/mol. The summed E-state index contributed by atoms with van der Waals surface area (Å²) in [6.07, 6.45) is 2.12. The largest absolute Gasteiger partial charge is 0.328 e. The second kappa shape index (κ2) is 7.56. The van der Waals surface area contributed by atoms with Gasteiger partial charge in [0.2, 0.25) is 0 Å². The third-order valence-electron chi connectivity index (χ3n) is 3.35. The fraction of sp³-hybridized carbons (Fsp3) is 0.727. The van der Waals surface area contributed by atoms with Gasteiger partial charge in [-0.15, -0.1) is 24.8 Å². The molecule has 1 saturated heterocycles. The summed E-state index contributed by atoms with van der Waals surface area (Å²) in [6, 6.07) is 0.861. The predicted molar refractivity (Wildman–Crippen MR) is 79.9 cm³/mol. The Kier molecular flexibility index (Phi) is 7.56. The number of nitrogens with zero attached hydrogens (tertiary/aromatic N) is 2. The molecular formula is C11H21Cl3N4. The number of aryl methyl sites for hydroxylation is 1. The molecule has 0 spiro atoms. The summed E-state index contributed by atoms with van der Waals surface area (Å²) in [6.45, 7) is 6.00. The topological polar surface area (TPSA) is 57.9 Å². The number of likely N-dealkylation sites (tertiary alicyclic amines) is 1. The number of halogens is 3. The molecule has 106 valence electrons. The number of piperidine rings is 1. The fourth-order valence-corrected chi connectivity index (χ4v) is 2.40. The van der Waals surface area contributed by atoms with E-state index in [2.05, 4.69) is 22.0 Å². The van der Waals surface area contributed by atoms with Gasteiger partial charge in [-0.2, -0.15) is 5.10 Å². The van der Waals surface area contributed by atoms with Crippen LogP contribution in [0, 0.1) is 6.92 Å². The minimum atomic E-state index is 0. The summed E-state index contributed by atoms with van der Waals surface area (Å²) < 4.78 is 0. The summed E-state index contributed by atoms with van der Waals surface area (Å²) in [5, 5.41) is 7.92. The van der Waals surface area contributed by atoms with Crippen molar-refractivity contribution >= 4 is 36.4 Å². The Bertz CT molecular complexity index is 369. The zero-order chi connectivity index (χ0) is 11.7. The zero-order valence-corrected chi connectivity index (χ0v) is 13.0. The Labute approximate surface area is 125 Å². The van der Waals surface area contributed by atoms with Crippen LogP contribution in [0.5, 0.6) is 0 Å². The van der Waals surface area contributed by atoms with E-state index in [0.29, 0.717) is 12.1 Å². The maximum Gasteiger partial charge on any atom is 0.0951 e. The quantitative estimate of drug-likeness (QED) is 0.881. The van der Waals surface area contributed by atoms with Crippen LogP contribution in [0.2, 0.25) is 5.02 Å². The molecule has 18 heavy (non-hydrogen) atoms. The van der Waals surface area contributed by atoms with E-state index in [4.69, 9.17) is 17.3 Å². The Morgan fingerprint density at radius 3 is 2.67 bits per heavy atom. The normalized spacial score (nSPS) is 24.2. The zero-order valence-electron chi connectivity index (χ0n) is 10.6. The maximum atomic E-state index is 6.16. The van der Waals surface area contributed by atoms with Crippen molar-refractivity contribution in [2.24, 2.45) is 5.73 Å². The lowest BCUT2D eigenvalue weighted by Crippen LogP contribution is -2.45. The smallest absolute Gasteiger partial charge is 0.0951 e. The molecule has 1 aromatic heterocycles. The molecular weight excluding hydrogens is 295 g/mol. The average molecular weight is 316 g/mol. The summed E-state index contributed by atoms with van der Waals surface area (Å²) >= 11 is 6.16. The number of H-pyrrole nitrogens is 1. The molecule has 1 fully saturated rings. The van der Waals surface area contributed by atoms with Crippen LogP contribution in [0.4, 0.5) is 0 Å². The highest BCUT2D eigenvalue weighted by molar-refractivity contribution is 6.31. The van der Waals surface area contributed by atoms with Crippen LogP contribution in [0.1, 0.15) is 31.2 Å². The van der Waals surface area contributed by atoms with Gasteiger partial charge < -0.3 is 5.73 Å². The lowest BCUT2D eigenvalue weighted by atomic mass is 9.99. The third kappa shape index (κ3) is 4.00. The van der Waals surface area contributed by atoms with Gasteiger partial charge in [0.05, 0.1) is 16.4 Å². The summed E-state index contributed by atoms with van der Waals surface area (Å²) in [4.78, 5) is 2.39. The number of nitrogens with two attached hydrogens (primary N) is 1. The Balaban J connectivity index is 0.00000144. The predicted octanol–water partition coefficient (Wildman–Crippen LogP) is 2.53. The molecule has 1 aromatic rings. The molecule has 1 aliphatic rings. The van der Waals surface area contributed by atoms with Gasteiger partial charge in [-0.3, -0.25) is 10.00 Å². The lowest BCUT2D eigenvalue weighted by Gasteiger charge is -2.35. The van der Waals surface area contributed by atoms with Gasteiger partial charge in [0.25, 0.3) is 0 Å². The second-order valence-electron chi connectivity index (χ2n) is 4.71. The van der Waals surface area contributed by atoms with Crippen molar-refractivity contribution in [2.75, 3.05) is 6.54 Å². The Morgan fingerprint density at radius 2 is 2.17 bits per heavy atom. The summed E-state index contributed by atoms with van der Waals surface area (Å²) in [5.41, 5.74) is 7.83. The van der Waals surface area contributed by atoms with Crippen LogP contribution in [-0.2, 0) is 6.54 Å². The fourth-order valence-electron chi connectivity index (χ4n) is 2.26. The molecule has 0 unspecified atom stereocenters. The van der Waals surface area contributed by atoms with Crippen LogP contribution in [-0.4, -0.2) is 33.7 Å². The molecule has 2 rings (SSSR count). The summed E-state index contributed by atoms with van der Waals surface area (Å²) in [7, 11) is 0. The molecule has 0 aliphatic carbocycles. The van der Waals surface area contributed by atoms with Crippen molar-refractivity contribution in [3.8, 4) is 0 Å². The van der Waals surface area contributed by atoms with Crippen LogP contribution < -0.4 is 5.73 Å². The maximum absolute atomic E-state index is 6.16. The standard InChI is InChI=1S/C11H19ClN4.2ClH/c1-7-5-9(13)3-4-16(7)6-10-11(12)8(2)14-15-10;;/h7,9H,3-6,13H2,1-2H3,(H,14,15);2*1H/t7-,9+;;/m1../s1. The van der Waals surface area contributed by atoms with Crippen LogP contribution in [0.15, 0.2) is 0 Å². The lowest BCUT2D eigenvalue weighted by molar-refractivity contribution is 0.138. The molecule has 4 nitrogen and oxygen atoms in total. The molecule has 3 N–H and O–H groups in total. The van der Waals surface area contributed by atoms with E-state index in [0.717, 1.165) is 42.3 Å². The van der Waals surface area contributed by atoms with Gasteiger partial charge in [0, 0.05) is 25.2 Å². The molecule has 0 amide bonds. The second-order valence-corrected chi connectivity index (χ2v) is 5.09. The van der Waals surface area contributed by atoms with Crippen molar-refractivity contribution in [1.82, 2.24) is 15.1 Å². The first-order valence-electron chi connectivity index (χ1n) is 5.77. The van der Waals surface area contributed by atoms with Gasteiger partial charge in [-0.25, -0.2) is 0 Å². The van der Waals surface area contributed by atoms with Crippen LogP contribution >= 0.6 is 36.4 Å². The van der Waals surface area contributed by atoms with Crippen LogP contribution in [0.3, 0.4) is 0 Å². The van der Waals surface area contributed by atoms with E-state index < -0.39 is 0 Å². The third-order valence-corrected chi connectivity index (χ3v) is 3.85. The highest BCUT2D eigenvalue weighted by Gasteiger charge is 2.24. The molecule has 0 aromatic carbocycles. The molecule has 7 heteroatoms. The SMILES string of the molecule is Cc1[nH]nc(CN2CC[C@H](N)C[C@H]2C)c1Cl.Cl.Cl. The number of aromatic nitrogens is 2. The molecule has 0 saturated carbocycles. The van der Waals surface area contributed by atoms with E-state index in [1.807, 2.05) is 6.92 Å². The van der Waals surface area contributed by atoms with Gasteiger partial charge in [-0.05, 0) is 26.7 Å². The first-order valence-corrected chi connectivity index (χ1v) is 6.14. The van der Waals surface area contributed by atoms with Crippen molar-refractivity contribution in [2.45, 2.75) is 45.3 Å². The summed E-state index contributed by atoms with van der Waals surface area (Å²) in [5.74, 6) is 0. The van der Waals surface area contributed by atoms with E-state index >= 15 is 0 Å². The Morgan fingerprint density at radius 1 is 1.50 bits per heavy atom. The first-order chi connectivity index (χ1) is 7.58. The van der Waals surface area contributed by atoms with Crippen molar-refractivity contribution in [1.29, 1.82) is 0 Å². The van der Waals surface area contributed by atoms with E-state index in [1.54, 1.807) is 0 Å². The van der Waals surface area contributed by atoms with E-state index in [-0.39, 0.29) is 24.8 Å². The van der Waals surface area contributed by atoms with Crippen molar-refractivity contribution in [3.63, 3.8) is 0 Å².